The van der Waals surface area contributed by atoms with Gasteiger partial charge in [-0.2, -0.15) is 0 Å². The van der Waals surface area contributed by atoms with Crippen LogP contribution in [0.1, 0.15) is 48.0 Å². The van der Waals surface area contributed by atoms with Gasteiger partial charge in [-0.05, 0) is 54.8 Å². The lowest BCUT2D eigenvalue weighted by Gasteiger charge is -2.26. The van der Waals surface area contributed by atoms with E-state index in [4.69, 9.17) is 0 Å². The molecule has 0 bridgehead atoms. The van der Waals surface area contributed by atoms with Crippen LogP contribution in [0.25, 0.3) is 10.9 Å². The first-order valence-corrected chi connectivity index (χ1v) is 10.4. The van der Waals surface area contributed by atoms with Crippen LogP contribution in [0.15, 0.2) is 40.5 Å². The van der Waals surface area contributed by atoms with Crippen LogP contribution in [0.5, 0.6) is 0 Å². The zero-order valence-corrected chi connectivity index (χ0v) is 15.2. The number of H-pyrrole nitrogens is 1. The van der Waals surface area contributed by atoms with E-state index in [9.17, 15) is 18.0 Å². The SMILES string of the molecule is C[C@@]1(NC(=O)c2cc3ccc(C4CCC4)cc3[nH]c2=O)C=CS(=O)(=O)C1. The van der Waals surface area contributed by atoms with Gasteiger partial charge in [0.05, 0.1) is 11.3 Å². The van der Waals surface area contributed by atoms with Gasteiger partial charge in [0.2, 0.25) is 0 Å². The number of fused-ring (bicyclic) bond motifs is 1. The number of benzene rings is 1. The fraction of sp³-hybridized carbons (Fsp3) is 0.368. The molecule has 2 heterocycles. The van der Waals surface area contributed by atoms with Crippen molar-refractivity contribution in [1.29, 1.82) is 0 Å². The number of hydrogen-bond acceptors (Lipinski definition) is 4. The zero-order chi connectivity index (χ0) is 18.5. The summed E-state index contributed by atoms with van der Waals surface area (Å²) < 4.78 is 23.2. The monoisotopic (exact) mass is 372 g/mol. The number of carbonyl (C=O) groups is 1. The highest BCUT2D eigenvalue weighted by Gasteiger charge is 2.35. The predicted octanol–water partition coefficient (Wildman–Crippen LogP) is 2.23. The molecule has 4 rings (SSSR count). The fourth-order valence-corrected chi connectivity index (χ4v) is 5.16. The first-order chi connectivity index (χ1) is 12.2. The van der Waals surface area contributed by atoms with Gasteiger partial charge in [-0.15, -0.1) is 0 Å². The van der Waals surface area contributed by atoms with Gasteiger partial charge in [0, 0.05) is 10.9 Å². The summed E-state index contributed by atoms with van der Waals surface area (Å²) >= 11 is 0. The van der Waals surface area contributed by atoms with E-state index in [-0.39, 0.29) is 11.3 Å². The molecule has 1 fully saturated rings. The topological polar surface area (TPSA) is 96.1 Å². The Morgan fingerprint density at radius 3 is 2.65 bits per heavy atom. The van der Waals surface area contributed by atoms with Gasteiger partial charge in [-0.25, -0.2) is 8.42 Å². The number of carbonyl (C=O) groups excluding carboxylic acids is 1. The van der Waals surface area contributed by atoms with Crippen molar-refractivity contribution in [2.75, 3.05) is 5.75 Å². The summed E-state index contributed by atoms with van der Waals surface area (Å²) in [6.07, 6.45) is 5.03. The molecule has 0 radical (unpaired) electrons. The minimum absolute atomic E-state index is 0.0205. The summed E-state index contributed by atoms with van der Waals surface area (Å²) in [7, 11) is -3.32. The largest absolute Gasteiger partial charge is 0.342 e. The van der Waals surface area contributed by atoms with Crippen LogP contribution in [0.3, 0.4) is 0 Å². The summed E-state index contributed by atoms with van der Waals surface area (Å²) in [4.78, 5) is 27.7. The van der Waals surface area contributed by atoms with Gasteiger partial charge in [-0.1, -0.05) is 18.6 Å². The Kier molecular flexibility index (Phi) is 3.80. The molecule has 2 aliphatic rings. The van der Waals surface area contributed by atoms with Crippen molar-refractivity contribution < 1.29 is 13.2 Å². The highest BCUT2D eigenvalue weighted by atomic mass is 32.2. The Morgan fingerprint density at radius 1 is 1.27 bits per heavy atom. The van der Waals surface area contributed by atoms with E-state index >= 15 is 0 Å². The second kappa shape index (κ2) is 5.81. The molecule has 0 unspecified atom stereocenters. The quantitative estimate of drug-likeness (QED) is 0.863. The number of amides is 1. The fourth-order valence-electron chi connectivity index (χ4n) is 3.56. The maximum Gasteiger partial charge on any atom is 0.261 e. The van der Waals surface area contributed by atoms with Gasteiger partial charge >= 0.3 is 0 Å². The Balaban J connectivity index is 1.64. The minimum atomic E-state index is -3.32. The standard InChI is InChI=1S/C19H20N2O4S/c1-19(7-8-26(24,25)11-19)21-18(23)15-9-14-6-5-13(12-3-2-4-12)10-16(14)20-17(15)22/h5-10,12H,2-4,11H2,1H3,(H,20,22)(H,21,23)/t19-/m1/s1. The minimum Gasteiger partial charge on any atom is -0.342 e. The van der Waals surface area contributed by atoms with E-state index in [1.54, 1.807) is 13.0 Å². The molecule has 1 atom stereocenters. The lowest BCUT2D eigenvalue weighted by Crippen LogP contribution is -2.47. The molecule has 0 saturated heterocycles. The van der Waals surface area contributed by atoms with E-state index in [1.807, 2.05) is 18.2 Å². The molecule has 26 heavy (non-hydrogen) atoms. The molecule has 1 aromatic heterocycles. The highest BCUT2D eigenvalue weighted by Crippen LogP contribution is 2.37. The van der Waals surface area contributed by atoms with E-state index in [2.05, 4.69) is 10.3 Å². The third kappa shape index (κ3) is 3.07. The Morgan fingerprint density at radius 2 is 2.04 bits per heavy atom. The summed E-state index contributed by atoms with van der Waals surface area (Å²) in [5.74, 6) is -0.232. The van der Waals surface area contributed by atoms with Crippen LogP contribution in [-0.2, 0) is 9.84 Å². The van der Waals surface area contributed by atoms with E-state index < -0.39 is 26.8 Å². The number of aromatic nitrogens is 1. The van der Waals surface area contributed by atoms with Crippen molar-refractivity contribution in [1.82, 2.24) is 10.3 Å². The average Bonchev–Trinajstić information content (AvgIpc) is 2.77. The maximum atomic E-state index is 12.6. The third-order valence-electron chi connectivity index (χ3n) is 5.23. The summed E-state index contributed by atoms with van der Waals surface area (Å²) in [5.41, 5.74) is 0.420. The van der Waals surface area contributed by atoms with Crippen molar-refractivity contribution >= 4 is 26.6 Å². The summed E-state index contributed by atoms with van der Waals surface area (Å²) in [5, 5.41) is 4.53. The summed E-state index contributed by atoms with van der Waals surface area (Å²) in [6.45, 7) is 1.62. The molecular formula is C19H20N2O4S. The molecule has 0 spiro atoms. The molecule has 7 heteroatoms. The van der Waals surface area contributed by atoms with Gasteiger partial charge in [0.1, 0.15) is 5.56 Å². The Labute approximate surface area is 151 Å². The molecule has 1 aliphatic carbocycles. The first-order valence-electron chi connectivity index (χ1n) is 8.66. The molecule has 1 aliphatic heterocycles. The normalized spacial score (nSPS) is 24.5. The number of aromatic amines is 1. The van der Waals surface area contributed by atoms with Crippen molar-refractivity contribution in [3.63, 3.8) is 0 Å². The lowest BCUT2D eigenvalue weighted by molar-refractivity contribution is 0.0927. The smallest absolute Gasteiger partial charge is 0.261 e. The van der Waals surface area contributed by atoms with E-state index in [0.29, 0.717) is 11.4 Å². The molecule has 2 aromatic rings. The Hall–Kier alpha value is -2.41. The van der Waals surface area contributed by atoms with Crippen LogP contribution in [-0.4, -0.2) is 30.6 Å². The molecular weight excluding hydrogens is 352 g/mol. The van der Waals surface area contributed by atoms with Crippen molar-refractivity contribution in [2.24, 2.45) is 0 Å². The average molecular weight is 372 g/mol. The van der Waals surface area contributed by atoms with Gasteiger partial charge in [0.25, 0.3) is 11.5 Å². The second-order valence-electron chi connectivity index (χ2n) is 7.47. The summed E-state index contributed by atoms with van der Waals surface area (Å²) in [6, 6.07) is 7.50. The number of nitrogens with one attached hydrogen (secondary N) is 2. The first kappa shape index (κ1) is 17.0. The van der Waals surface area contributed by atoms with Gasteiger partial charge in [-0.3, -0.25) is 9.59 Å². The molecule has 2 N–H and O–H groups in total. The van der Waals surface area contributed by atoms with Crippen molar-refractivity contribution in [3.05, 3.63) is 57.2 Å². The number of rotatable bonds is 3. The highest BCUT2D eigenvalue weighted by molar-refractivity contribution is 7.94. The zero-order valence-electron chi connectivity index (χ0n) is 14.4. The van der Waals surface area contributed by atoms with E-state index in [1.165, 1.54) is 30.9 Å². The maximum absolute atomic E-state index is 12.6. The third-order valence-corrected chi connectivity index (χ3v) is 6.79. The molecule has 1 saturated carbocycles. The predicted molar refractivity (Wildman–Crippen MR) is 100.0 cm³/mol. The molecule has 1 aromatic carbocycles. The van der Waals surface area contributed by atoms with Gasteiger partial charge < -0.3 is 10.3 Å². The molecule has 136 valence electrons. The number of pyridine rings is 1. The van der Waals surface area contributed by atoms with Crippen LogP contribution in [0.4, 0.5) is 0 Å². The van der Waals surface area contributed by atoms with Crippen molar-refractivity contribution in [3.8, 4) is 0 Å². The second-order valence-corrected chi connectivity index (χ2v) is 9.35. The number of sulfone groups is 1. The van der Waals surface area contributed by atoms with Crippen LogP contribution >= 0.6 is 0 Å². The van der Waals surface area contributed by atoms with Crippen LogP contribution < -0.4 is 10.9 Å². The molecule has 1 amide bonds. The van der Waals surface area contributed by atoms with Crippen molar-refractivity contribution in [2.45, 2.75) is 37.6 Å². The Bertz CT molecular complexity index is 1100. The van der Waals surface area contributed by atoms with Gasteiger partial charge in [0.15, 0.2) is 9.84 Å². The van der Waals surface area contributed by atoms with E-state index in [0.717, 1.165) is 10.8 Å². The van der Waals surface area contributed by atoms with Crippen LogP contribution in [0.2, 0.25) is 0 Å². The number of hydrogen-bond donors (Lipinski definition) is 2. The molecule has 6 nitrogen and oxygen atoms in total. The lowest BCUT2D eigenvalue weighted by atomic mass is 9.80. The van der Waals surface area contributed by atoms with Crippen LogP contribution in [0, 0.1) is 0 Å².